The van der Waals surface area contributed by atoms with E-state index in [1.165, 1.54) is 53.3 Å². The standard InChI is InChI=1S/C27H27N3O4S/c1-16(25(31)29-22-13-20(33-2)10-11-23(22)34-3)30-15-28-26-24(27(30)32)21(14-35-26)19-9-8-17-6-4-5-7-18(17)12-19/h8-16H,4-7H2,1-3H3,(H,29,31). The molecule has 2 heterocycles. The summed E-state index contributed by atoms with van der Waals surface area (Å²) < 4.78 is 12.0. The molecular formula is C27H27N3O4S. The molecule has 180 valence electrons. The molecule has 0 radical (unpaired) electrons. The Morgan fingerprint density at radius 2 is 1.89 bits per heavy atom. The fourth-order valence-corrected chi connectivity index (χ4v) is 5.52. The summed E-state index contributed by atoms with van der Waals surface area (Å²) in [4.78, 5) is 31.9. The Labute approximate surface area is 207 Å². The van der Waals surface area contributed by atoms with Gasteiger partial charge in [-0.05, 0) is 61.4 Å². The van der Waals surface area contributed by atoms with Crippen molar-refractivity contribution in [3.05, 3.63) is 69.6 Å². The zero-order valence-electron chi connectivity index (χ0n) is 20.0. The fraction of sp³-hybridized carbons (Fsp3) is 0.296. The first-order valence-electron chi connectivity index (χ1n) is 11.6. The van der Waals surface area contributed by atoms with Crippen molar-refractivity contribution in [1.29, 1.82) is 0 Å². The number of ether oxygens (including phenoxy) is 2. The molecule has 35 heavy (non-hydrogen) atoms. The maximum Gasteiger partial charge on any atom is 0.263 e. The molecule has 1 N–H and O–H groups in total. The van der Waals surface area contributed by atoms with E-state index in [4.69, 9.17) is 9.47 Å². The number of anilines is 1. The highest BCUT2D eigenvalue weighted by molar-refractivity contribution is 7.17. The van der Waals surface area contributed by atoms with Gasteiger partial charge in [0.2, 0.25) is 5.91 Å². The molecular weight excluding hydrogens is 462 g/mol. The summed E-state index contributed by atoms with van der Waals surface area (Å²) in [6.45, 7) is 1.68. The van der Waals surface area contributed by atoms with E-state index in [9.17, 15) is 9.59 Å². The molecule has 1 aliphatic rings. The maximum atomic E-state index is 13.6. The lowest BCUT2D eigenvalue weighted by Gasteiger charge is -2.17. The minimum atomic E-state index is -0.786. The number of thiophene rings is 1. The Morgan fingerprint density at radius 3 is 2.66 bits per heavy atom. The van der Waals surface area contributed by atoms with Gasteiger partial charge in [0.1, 0.15) is 22.4 Å². The summed E-state index contributed by atoms with van der Waals surface area (Å²) in [6.07, 6.45) is 6.05. The summed E-state index contributed by atoms with van der Waals surface area (Å²) in [6, 6.07) is 10.8. The van der Waals surface area contributed by atoms with Gasteiger partial charge in [-0.3, -0.25) is 14.2 Å². The smallest absolute Gasteiger partial charge is 0.263 e. The topological polar surface area (TPSA) is 82.4 Å². The van der Waals surface area contributed by atoms with E-state index >= 15 is 0 Å². The van der Waals surface area contributed by atoms with Crippen LogP contribution in [0.25, 0.3) is 21.3 Å². The molecule has 1 amide bonds. The van der Waals surface area contributed by atoms with Gasteiger partial charge >= 0.3 is 0 Å². The van der Waals surface area contributed by atoms with E-state index in [1.807, 2.05) is 5.38 Å². The molecule has 1 atom stereocenters. The summed E-state index contributed by atoms with van der Waals surface area (Å²) in [7, 11) is 3.08. The van der Waals surface area contributed by atoms with Gasteiger partial charge < -0.3 is 14.8 Å². The fourth-order valence-electron chi connectivity index (χ4n) is 4.61. The molecule has 0 aliphatic heterocycles. The number of amides is 1. The van der Waals surface area contributed by atoms with Gasteiger partial charge in [-0.2, -0.15) is 0 Å². The van der Waals surface area contributed by atoms with Gasteiger partial charge in [-0.25, -0.2) is 4.98 Å². The second-order valence-electron chi connectivity index (χ2n) is 8.71. The molecule has 0 spiro atoms. The number of nitrogens with zero attached hydrogens (tertiary/aromatic N) is 2. The number of aryl methyl sites for hydroxylation is 2. The van der Waals surface area contributed by atoms with Crippen molar-refractivity contribution in [3.8, 4) is 22.6 Å². The predicted molar refractivity (Wildman–Crippen MR) is 139 cm³/mol. The van der Waals surface area contributed by atoms with Crippen molar-refractivity contribution < 1.29 is 14.3 Å². The summed E-state index contributed by atoms with van der Waals surface area (Å²) >= 11 is 1.45. The van der Waals surface area contributed by atoms with Crippen molar-refractivity contribution in [2.45, 2.75) is 38.6 Å². The zero-order valence-corrected chi connectivity index (χ0v) is 20.8. The third-order valence-corrected chi connectivity index (χ3v) is 7.53. The Bertz CT molecular complexity index is 1470. The van der Waals surface area contributed by atoms with E-state index in [0.717, 1.165) is 24.0 Å². The van der Waals surface area contributed by atoms with Gasteiger partial charge in [0.25, 0.3) is 5.56 Å². The SMILES string of the molecule is COc1ccc(OC)c(NC(=O)C(C)n2cnc3scc(-c4ccc5c(c4)CCCC5)c3c2=O)c1. The van der Waals surface area contributed by atoms with Crippen LogP contribution in [0.4, 0.5) is 5.69 Å². The van der Waals surface area contributed by atoms with Crippen LogP contribution in [0.2, 0.25) is 0 Å². The maximum absolute atomic E-state index is 13.6. The Balaban J connectivity index is 1.49. The number of rotatable bonds is 6. The van der Waals surface area contributed by atoms with Crippen LogP contribution in [0.3, 0.4) is 0 Å². The second-order valence-corrected chi connectivity index (χ2v) is 9.57. The molecule has 7 nitrogen and oxygen atoms in total. The van der Waals surface area contributed by atoms with Crippen molar-refractivity contribution in [3.63, 3.8) is 0 Å². The highest BCUT2D eigenvalue weighted by Gasteiger charge is 2.22. The molecule has 5 rings (SSSR count). The molecule has 0 saturated carbocycles. The number of benzene rings is 2. The van der Waals surface area contributed by atoms with E-state index < -0.39 is 6.04 Å². The third kappa shape index (κ3) is 4.30. The minimum Gasteiger partial charge on any atom is -0.497 e. The lowest BCUT2D eigenvalue weighted by molar-refractivity contribution is -0.118. The Morgan fingerprint density at radius 1 is 1.09 bits per heavy atom. The van der Waals surface area contributed by atoms with Crippen LogP contribution in [-0.4, -0.2) is 29.7 Å². The number of nitrogens with one attached hydrogen (secondary N) is 1. The number of carbonyl (C=O) groups is 1. The van der Waals surface area contributed by atoms with Crippen LogP contribution >= 0.6 is 11.3 Å². The molecule has 2 aromatic heterocycles. The van der Waals surface area contributed by atoms with Crippen LogP contribution in [0, 0.1) is 0 Å². The molecule has 1 aliphatic carbocycles. The second kappa shape index (κ2) is 9.54. The van der Waals surface area contributed by atoms with Crippen LogP contribution in [0.15, 0.2) is 52.9 Å². The number of fused-ring (bicyclic) bond motifs is 2. The molecule has 8 heteroatoms. The molecule has 0 bridgehead atoms. The largest absolute Gasteiger partial charge is 0.497 e. The number of hydrogen-bond donors (Lipinski definition) is 1. The first kappa shape index (κ1) is 23.1. The van der Waals surface area contributed by atoms with E-state index in [2.05, 4.69) is 28.5 Å². The highest BCUT2D eigenvalue weighted by atomic mass is 32.1. The zero-order chi connectivity index (χ0) is 24.5. The van der Waals surface area contributed by atoms with Crippen LogP contribution in [0.5, 0.6) is 11.5 Å². The monoisotopic (exact) mass is 489 g/mol. The van der Waals surface area contributed by atoms with Gasteiger partial charge in [-0.15, -0.1) is 11.3 Å². The molecule has 4 aromatic rings. The number of methoxy groups -OCH3 is 2. The highest BCUT2D eigenvalue weighted by Crippen LogP contribution is 2.34. The van der Waals surface area contributed by atoms with Crippen molar-refractivity contribution in [2.24, 2.45) is 0 Å². The average molecular weight is 490 g/mol. The van der Waals surface area contributed by atoms with E-state index in [-0.39, 0.29) is 11.5 Å². The van der Waals surface area contributed by atoms with Crippen LogP contribution in [0.1, 0.15) is 36.9 Å². The minimum absolute atomic E-state index is 0.232. The Hall–Kier alpha value is -3.65. The van der Waals surface area contributed by atoms with Gasteiger partial charge in [0, 0.05) is 17.0 Å². The quantitative estimate of drug-likeness (QED) is 0.402. The summed E-state index contributed by atoms with van der Waals surface area (Å²) in [5.74, 6) is 0.729. The van der Waals surface area contributed by atoms with Gasteiger partial charge in [0.05, 0.1) is 31.6 Å². The van der Waals surface area contributed by atoms with Crippen LogP contribution in [-0.2, 0) is 17.6 Å². The van der Waals surface area contributed by atoms with Crippen LogP contribution < -0.4 is 20.3 Å². The predicted octanol–water partition coefficient (Wildman–Crippen LogP) is 5.22. The molecule has 1 unspecified atom stereocenters. The molecule has 0 saturated heterocycles. The Kier molecular flexibility index (Phi) is 6.30. The van der Waals surface area contributed by atoms with Gasteiger partial charge in [-0.1, -0.05) is 18.2 Å². The number of carbonyl (C=O) groups excluding carboxylic acids is 1. The summed E-state index contributed by atoms with van der Waals surface area (Å²) in [5.41, 5.74) is 4.88. The average Bonchev–Trinajstić information content (AvgIpc) is 3.33. The first-order chi connectivity index (χ1) is 17.0. The van der Waals surface area contributed by atoms with Crippen molar-refractivity contribution >= 4 is 33.1 Å². The molecule has 2 aromatic carbocycles. The normalized spacial score (nSPS) is 13.8. The lowest BCUT2D eigenvalue weighted by atomic mass is 9.89. The van der Waals surface area contributed by atoms with Crippen molar-refractivity contribution in [2.75, 3.05) is 19.5 Å². The van der Waals surface area contributed by atoms with E-state index in [0.29, 0.717) is 27.4 Å². The number of hydrogen-bond acceptors (Lipinski definition) is 6. The molecule has 0 fully saturated rings. The van der Waals surface area contributed by atoms with E-state index in [1.54, 1.807) is 32.2 Å². The third-order valence-electron chi connectivity index (χ3n) is 6.64. The number of aromatic nitrogens is 2. The van der Waals surface area contributed by atoms with Gasteiger partial charge in [0.15, 0.2) is 0 Å². The summed E-state index contributed by atoms with van der Waals surface area (Å²) in [5, 5.41) is 5.39. The first-order valence-corrected chi connectivity index (χ1v) is 12.5. The lowest BCUT2D eigenvalue weighted by Crippen LogP contribution is -2.31. The van der Waals surface area contributed by atoms with Crippen molar-refractivity contribution in [1.82, 2.24) is 9.55 Å².